The highest BCUT2D eigenvalue weighted by atomic mass is 32.2. The van der Waals surface area contributed by atoms with E-state index in [2.05, 4.69) is 9.71 Å². The van der Waals surface area contributed by atoms with Crippen molar-refractivity contribution < 1.29 is 13.5 Å². The lowest BCUT2D eigenvalue weighted by molar-refractivity contribution is 0.164. The summed E-state index contributed by atoms with van der Waals surface area (Å²) < 4.78 is 28.6. The Labute approximate surface area is 124 Å². The molecule has 0 aliphatic carbocycles. The average molecular weight is 319 g/mol. The Morgan fingerprint density at radius 1 is 1.65 bits per heavy atom. The molecule has 2 heterocycles. The maximum Gasteiger partial charge on any atom is 0.279 e. The van der Waals surface area contributed by atoms with Gasteiger partial charge in [-0.25, -0.2) is 9.71 Å². The molecule has 2 rings (SSSR count). The minimum Gasteiger partial charge on any atom is -0.396 e. The predicted octanol–water partition coefficient (Wildman–Crippen LogP) is 0.785. The molecule has 114 valence electrons. The highest BCUT2D eigenvalue weighted by Gasteiger charge is 2.28. The Morgan fingerprint density at radius 3 is 3.10 bits per heavy atom. The number of piperidine rings is 1. The molecular weight excluding hydrogens is 298 g/mol. The Balaban J connectivity index is 1.90. The van der Waals surface area contributed by atoms with Gasteiger partial charge >= 0.3 is 0 Å². The van der Waals surface area contributed by atoms with E-state index < -0.39 is 10.2 Å². The van der Waals surface area contributed by atoms with Crippen molar-refractivity contribution in [3.63, 3.8) is 0 Å². The van der Waals surface area contributed by atoms with Crippen LogP contribution >= 0.6 is 11.3 Å². The smallest absolute Gasteiger partial charge is 0.279 e. The molecule has 20 heavy (non-hydrogen) atoms. The van der Waals surface area contributed by atoms with Gasteiger partial charge < -0.3 is 5.11 Å². The largest absolute Gasteiger partial charge is 0.396 e. The molecular formula is C12H21N3O3S2. The fourth-order valence-electron chi connectivity index (χ4n) is 2.28. The zero-order valence-corrected chi connectivity index (χ0v) is 13.2. The lowest BCUT2D eigenvalue weighted by atomic mass is 10.0. The van der Waals surface area contributed by atoms with Crippen molar-refractivity contribution in [2.24, 2.45) is 5.92 Å². The first-order valence-electron chi connectivity index (χ1n) is 6.78. The van der Waals surface area contributed by atoms with E-state index >= 15 is 0 Å². The summed E-state index contributed by atoms with van der Waals surface area (Å²) in [5.74, 6) is 0.111. The second kappa shape index (κ2) is 6.95. The number of aliphatic hydroxyl groups excluding tert-OH is 1. The summed E-state index contributed by atoms with van der Waals surface area (Å²) >= 11 is 1.53. The van der Waals surface area contributed by atoms with Gasteiger partial charge in [0.05, 0.1) is 5.01 Å². The molecule has 2 unspecified atom stereocenters. The van der Waals surface area contributed by atoms with Crippen LogP contribution in [0.5, 0.6) is 0 Å². The summed E-state index contributed by atoms with van der Waals surface area (Å²) in [5, 5.41) is 12.0. The fourth-order valence-corrected chi connectivity index (χ4v) is 4.40. The quantitative estimate of drug-likeness (QED) is 0.812. The molecule has 2 N–H and O–H groups in total. The van der Waals surface area contributed by atoms with Crippen LogP contribution in [0.25, 0.3) is 0 Å². The molecule has 0 radical (unpaired) electrons. The van der Waals surface area contributed by atoms with E-state index in [1.54, 1.807) is 6.20 Å². The summed E-state index contributed by atoms with van der Waals surface area (Å²) in [6.45, 7) is 3.26. The highest BCUT2D eigenvalue weighted by molar-refractivity contribution is 7.87. The Bertz CT molecular complexity index is 504. The van der Waals surface area contributed by atoms with Crippen LogP contribution in [-0.4, -0.2) is 49.1 Å². The minimum absolute atomic E-state index is 0.0432. The Kier molecular flexibility index (Phi) is 5.50. The number of rotatable bonds is 6. The summed E-state index contributed by atoms with van der Waals surface area (Å²) in [4.78, 5) is 4.19. The number of thiazole rings is 1. The topological polar surface area (TPSA) is 82.5 Å². The van der Waals surface area contributed by atoms with Crippen molar-refractivity contribution >= 4 is 21.5 Å². The summed E-state index contributed by atoms with van der Waals surface area (Å²) in [7, 11) is -3.46. The van der Waals surface area contributed by atoms with Crippen LogP contribution in [0.15, 0.2) is 11.6 Å². The van der Waals surface area contributed by atoms with Gasteiger partial charge in [-0.1, -0.05) is 6.92 Å². The molecule has 1 saturated heterocycles. The van der Waals surface area contributed by atoms with Gasteiger partial charge in [0.15, 0.2) is 0 Å². The number of hydrogen-bond donors (Lipinski definition) is 2. The van der Waals surface area contributed by atoms with E-state index in [4.69, 9.17) is 5.11 Å². The van der Waals surface area contributed by atoms with E-state index in [1.807, 2.05) is 12.3 Å². The molecule has 1 aromatic rings. The van der Waals surface area contributed by atoms with Gasteiger partial charge in [-0.2, -0.15) is 12.7 Å². The SMILES string of the molecule is CC(CNS(=O)(=O)N1CCCC(CO)C1)c1nccs1. The van der Waals surface area contributed by atoms with Crippen LogP contribution in [0.3, 0.4) is 0 Å². The molecule has 1 aromatic heterocycles. The summed E-state index contributed by atoms with van der Waals surface area (Å²) in [6, 6.07) is 0. The van der Waals surface area contributed by atoms with Crippen molar-refractivity contribution in [1.82, 2.24) is 14.0 Å². The predicted molar refractivity (Wildman–Crippen MR) is 78.8 cm³/mol. The third kappa shape index (κ3) is 3.98. The monoisotopic (exact) mass is 319 g/mol. The van der Waals surface area contributed by atoms with Gasteiger partial charge in [0.2, 0.25) is 0 Å². The molecule has 0 amide bonds. The first-order valence-corrected chi connectivity index (χ1v) is 9.10. The lowest BCUT2D eigenvalue weighted by Gasteiger charge is -2.31. The first-order chi connectivity index (χ1) is 9.53. The third-order valence-electron chi connectivity index (χ3n) is 3.52. The Hall–Kier alpha value is -0.540. The minimum atomic E-state index is -3.46. The standard InChI is InChI=1S/C12H21N3O3S2/c1-10(12-13-4-6-19-12)7-14-20(17,18)15-5-2-3-11(8-15)9-16/h4,6,10-11,14,16H,2-3,5,7-9H2,1H3. The molecule has 1 aliphatic rings. The molecule has 1 fully saturated rings. The van der Waals surface area contributed by atoms with Crippen LogP contribution in [0, 0.1) is 5.92 Å². The molecule has 0 saturated carbocycles. The molecule has 0 spiro atoms. The van der Waals surface area contributed by atoms with E-state index in [0.717, 1.165) is 17.8 Å². The van der Waals surface area contributed by atoms with Crippen molar-refractivity contribution in [1.29, 1.82) is 0 Å². The normalized spacial score (nSPS) is 22.8. The highest BCUT2D eigenvalue weighted by Crippen LogP contribution is 2.20. The average Bonchev–Trinajstić information content (AvgIpc) is 2.99. The molecule has 1 aliphatic heterocycles. The third-order valence-corrected chi connectivity index (χ3v) is 6.07. The van der Waals surface area contributed by atoms with E-state index in [0.29, 0.717) is 19.6 Å². The summed E-state index contributed by atoms with van der Waals surface area (Å²) in [5.41, 5.74) is 0. The van der Waals surface area contributed by atoms with Gasteiger partial charge in [0.25, 0.3) is 10.2 Å². The summed E-state index contributed by atoms with van der Waals surface area (Å²) in [6.07, 6.45) is 3.41. The molecule has 0 bridgehead atoms. The van der Waals surface area contributed by atoms with Crippen LogP contribution in [0.4, 0.5) is 0 Å². The van der Waals surface area contributed by atoms with Gasteiger partial charge in [-0.3, -0.25) is 0 Å². The second-order valence-corrected chi connectivity index (χ2v) is 7.86. The van der Waals surface area contributed by atoms with Crippen LogP contribution in [0.2, 0.25) is 0 Å². The van der Waals surface area contributed by atoms with Crippen molar-refractivity contribution in [3.05, 3.63) is 16.6 Å². The van der Waals surface area contributed by atoms with Gasteiger partial charge in [0.1, 0.15) is 0 Å². The Morgan fingerprint density at radius 2 is 2.45 bits per heavy atom. The van der Waals surface area contributed by atoms with Crippen LogP contribution < -0.4 is 4.72 Å². The second-order valence-electron chi connectivity index (χ2n) is 5.17. The number of hydrogen-bond acceptors (Lipinski definition) is 5. The van der Waals surface area contributed by atoms with Crippen molar-refractivity contribution in [3.8, 4) is 0 Å². The van der Waals surface area contributed by atoms with E-state index in [1.165, 1.54) is 15.6 Å². The van der Waals surface area contributed by atoms with E-state index in [9.17, 15) is 8.42 Å². The number of aliphatic hydroxyl groups is 1. The number of nitrogens with zero attached hydrogens (tertiary/aromatic N) is 2. The maximum atomic E-state index is 12.2. The zero-order chi connectivity index (χ0) is 14.6. The van der Waals surface area contributed by atoms with Crippen molar-refractivity contribution in [2.75, 3.05) is 26.2 Å². The first kappa shape index (κ1) is 15.8. The fraction of sp³-hybridized carbons (Fsp3) is 0.750. The molecule has 2 atom stereocenters. The number of nitrogens with one attached hydrogen (secondary N) is 1. The lowest BCUT2D eigenvalue weighted by Crippen LogP contribution is -2.47. The van der Waals surface area contributed by atoms with Crippen molar-refractivity contribution in [2.45, 2.75) is 25.7 Å². The van der Waals surface area contributed by atoms with Crippen LogP contribution in [-0.2, 0) is 10.2 Å². The van der Waals surface area contributed by atoms with E-state index in [-0.39, 0.29) is 18.4 Å². The zero-order valence-electron chi connectivity index (χ0n) is 11.5. The van der Waals surface area contributed by atoms with Crippen LogP contribution in [0.1, 0.15) is 30.7 Å². The van der Waals surface area contributed by atoms with Gasteiger partial charge in [-0.05, 0) is 18.8 Å². The van der Waals surface area contributed by atoms with Gasteiger partial charge in [-0.15, -0.1) is 11.3 Å². The maximum absolute atomic E-state index is 12.2. The van der Waals surface area contributed by atoms with Gasteiger partial charge in [0, 0.05) is 43.7 Å². The molecule has 0 aromatic carbocycles. The molecule has 6 nitrogen and oxygen atoms in total. The number of aromatic nitrogens is 1. The molecule has 8 heteroatoms.